The first-order valence-corrected chi connectivity index (χ1v) is 21.5. The van der Waals surface area contributed by atoms with Crippen LogP contribution in [0.25, 0.3) is 5.73 Å². The van der Waals surface area contributed by atoms with Gasteiger partial charge in [0, 0.05) is 40.7 Å². The minimum Gasteiger partial charge on any atom is -0.668 e. The number of allylic oxidation sites excluding steroid dienone is 3. The summed E-state index contributed by atoms with van der Waals surface area (Å²) in [5, 5.41) is 18.9. The van der Waals surface area contributed by atoms with E-state index in [9.17, 15) is 9.90 Å². The van der Waals surface area contributed by atoms with Gasteiger partial charge in [-0.05, 0) is 90.0 Å². The predicted octanol–water partition coefficient (Wildman–Crippen LogP) is 9.55. The average molecular weight is 973 g/mol. The summed E-state index contributed by atoms with van der Waals surface area (Å²) in [5.41, 5.74) is 8.46. The van der Waals surface area contributed by atoms with Crippen LogP contribution in [0.15, 0.2) is 54.8 Å². The monoisotopic (exact) mass is 973 g/mol. The maximum atomic E-state index is 10.8. The molecule has 57 heavy (non-hydrogen) atoms. The van der Waals surface area contributed by atoms with E-state index in [0.29, 0.717) is 13.0 Å². The van der Waals surface area contributed by atoms with Crippen molar-refractivity contribution in [2.24, 2.45) is 17.8 Å². The zero-order chi connectivity index (χ0) is 41.3. The second-order valence-corrected chi connectivity index (χ2v) is 15.9. The predicted molar refractivity (Wildman–Crippen MR) is 224 cm³/mol. The number of carbonyl (C=O) groups is 1. The van der Waals surface area contributed by atoms with E-state index in [2.05, 4.69) is 39.8 Å². The van der Waals surface area contributed by atoms with Gasteiger partial charge in [-0.3, -0.25) is 0 Å². The number of benzene rings is 1. The largest absolute Gasteiger partial charge is 0.668 e. The SMILES string of the molecule is CC(=O)C([NH-])Cc1ccccc1.CC=COC1C(OC2C(OC(C)CCCCCC/C=C\CCCCCCCO)OC(C)C(C)C2C)OC(CO)C(C)C1OC.[W]. The topological polar surface area (TPSA) is 137 Å². The summed E-state index contributed by atoms with van der Waals surface area (Å²) in [7, 11) is 1.66. The number of methoxy groups -OCH3 is 1. The summed E-state index contributed by atoms with van der Waals surface area (Å²) < 4.78 is 37.8. The van der Waals surface area contributed by atoms with Crippen molar-refractivity contribution < 1.29 is 64.5 Å². The standard InChI is InChI=1S/C36H66O8.C10H12NO.W/c1-8-24-40-34-32(39-7)29(5)31(25-38)43-36(34)44-33-28(4)27(3)30(6)42-35(33)41-26(2)22-20-18-16-14-12-10-9-11-13-15-17-19-21-23-37;1-8(12)10(11)7-9-5-3-2-4-6-9;/h8-10,24,26-38H,11-23,25H2,1-7H3;2-6,10-11H,7H2,1H3;/q;-1;/b10-9-,24-8?;;. The first-order chi connectivity index (χ1) is 27.0. The molecule has 0 amide bonds. The van der Waals surface area contributed by atoms with E-state index < -0.39 is 30.8 Å². The van der Waals surface area contributed by atoms with Crippen LogP contribution >= 0.6 is 0 Å². The van der Waals surface area contributed by atoms with Crippen molar-refractivity contribution in [1.82, 2.24) is 0 Å². The number of rotatable bonds is 25. The first kappa shape index (κ1) is 53.6. The van der Waals surface area contributed by atoms with E-state index in [4.69, 9.17) is 39.3 Å². The summed E-state index contributed by atoms with van der Waals surface area (Å²) in [4.78, 5) is 10.8. The summed E-state index contributed by atoms with van der Waals surface area (Å²) in [5.74, 6) is 0.290. The van der Waals surface area contributed by atoms with E-state index in [-0.39, 0.29) is 75.6 Å². The first-order valence-electron chi connectivity index (χ1n) is 21.5. The number of hydrogen-bond acceptors (Lipinski definition) is 9. The number of Topliss-reactive ketones (excluding diaryl/α,β-unsaturated/α-hetero) is 1. The van der Waals surface area contributed by atoms with Gasteiger partial charge in [-0.1, -0.05) is 114 Å². The van der Waals surface area contributed by atoms with Crippen molar-refractivity contribution >= 4 is 5.78 Å². The molecule has 3 rings (SSSR count). The molecule has 3 N–H and O–H groups in total. The Morgan fingerprint density at radius 2 is 1.44 bits per heavy atom. The van der Waals surface area contributed by atoms with E-state index >= 15 is 0 Å². The maximum absolute atomic E-state index is 10.8. The van der Waals surface area contributed by atoms with E-state index in [1.165, 1.54) is 51.9 Å². The third-order valence-electron chi connectivity index (χ3n) is 11.4. The van der Waals surface area contributed by atoms with E-state index in [1.807, 2.05) is 50.3 Å². The van der Waals surface area contributed by atoms with Crippen LogP contribution in [0.4, 0.5) is 0 Å². The van der Waals surface area contributed by atoms with Crippen molar-refractivity contribution in [1.29, 1.82) is 0 Å². The number of nitrogens with one attached hydrogen (secondary N) is 1. The van der Waals surface area contributed by atoms with Gasteiger partial charge in [-0.25, -0.2) is 0 Å². The molecule has 0 aliphatic carbocycles. The van der Waals surface area contributed by atoms with Crippen LogP contribution in [0.3, 0.4) is 0 Å². The van der Waals surface area contributed by atoms with Crippen LogP contribution < -0.4 is 0 Å². The van der Waals surface area contributed by atoms with Gasteiger partial charge >= 0.3 is 0 Å². The molecule has 1 aromatic rings. The zero-order valence-corrected chi connectivity index (χ0v) is 39.3. The minimum atomic E-state index is -0.742. The third kappa shape index (κ3) is 20.1. The fraction of sp³-hybridized carbons (Fsp3) is 0.761. The Hall–Kier alpha value is -1.46. The summed E-state index contributed by atoms with van der Waals surface area (Å²) >= 11 is 0. The molecular formula is C46H78NO9W-. The van der Waals surface area contributed by atoms with Crippen LogP contribution in [0.2, 0.25) is 0 Å². The summed E-state index contributed by atoms with van der Waals surface area (Å²) in [6, 6.07) is 9.03. The van der Waals surface area contributed by atoms with Crippen LogP contribution in [0, 0.1) is 17.8 Å². The third-order valence-corrected chi connectivity index (χ3v) is 11.4. The van der Waals surface area contributed by atoms with Gasteiger partial charge in [0.2, 0.25) is 0 Å². The molecule has 12 atom stereocenters. The molecular weight excluding hydrogens is 894 g/mol. The molecule has 12 unspecified atom stereocenters. The smallest absolute Gasteiger partial charge is 0.198 e. The van der Waals surface area contributed by atoms with Crippen molar-refractivity contribution in [3.05, 3.63) is 66.1 Å². The molecule has 2 saturated heterocycles. The van der Waals surface area contributed by atoms with Gasteiger partial charge < -0.3 is 49.2 Å². The molecule has 0 bridgehead atoms. The summed E-state index contributed by atoms with van der Waals surface area (Å²) in [6.45, 7) is 14.2. The second-order valence-electron chi connectivity index (χ2n) is 15.9. The molecule has 2 fully saturated rings. The van der Waals surface area contributed by atoms with Gasteiger partial charge in [0.15, 0.2) is 18.7 Å². The average Bonchev–Trinajstić information content (AvgIpc) is 3.18. The molecule has 2 aliphatic heterocycles. The molecule has 1 aromatic carbocycles. The zero-order valence-electron chi connectivity index (χ0n) is 36.4. The number of ether oxygens (including phenoxy) is 6. The van der Waals surface area contributed by atoms with Crippen LogP contribution in [0.5, 0.6) is 0 Å². The Balaban J connectivity index is 0.00000106. The van der Waals surface area contributed by atoms with Gasteiger partial charge in [0.1, 0.15) is 18.0 Å². The molecule has 0 spiro atoms. The van der Waals surface area contributed by atoms with Gasteiger partial charge in [0.05, 0.1) is 31.2 Å². The maximum Gasteiger partial charge on any atom is 0.198 e. The van der Waals surface area contributed by atoms with E-state index in [1.54, 1.807) is 13.4 Å². The quantitative estimate of drug-likeness (QED) is 0.0558. The van der Waals surface area contributed by atoms with Gasteiger partial charge in [0.25, 0.3) is 0 Å². The fourth-order valence-corrected chi connectivity index (χ4v) is 7.34. The van der Waals surface area contributed by atoms with Crippen LogP contribution in [-0.4, -0.2) is 91.6 Å². The molecule has 0 aromatic heterocycles. The Kier molecular flexibility index (Phi) is 29.5. The van der Waals surface area contributed by atoms with Gasteiger partial charge in [-0.2, -0.15) is 0 Å². The number of ketones is 1. The van der Waals surface area contributed by atoms with Crippen molar-refractivity contribution in [3.63, 3.8) is 0 Å². The molecule has 2 heterocycles. The Bertz CT molecular complexity index is 1210. The normalized spacial score (nSPS) is 28.7. The van der Waals surface area contributed by atoms with Crippen molar-refractivity contribution in [2.75, 3.05) is 20.3 Å². The van der Waals surface area contributed by atoms with Crippen molar-refractivity contribution in [3.8, 4) is 0 Å². The van der Waals surface area contributed by atoms with Crippen molar-refractivity contribution in [2.45, 2.75) is 187 Å². The number of hydrogen-bond donors (Lipinski definition) is 2. The van der Waals surface area contributed by atoms with Crippen LogP contribution in [-0.2, 0) is 60.7 Å². The minimum absolute atomic E-state index is 0. The Morgan fingerprint density at radius 1 is 0.825 bits per heavy atom. The Labute approximate surface area is 360 Å². The molecule has 11 heteroatoms. The fourth-order valence-electron chi connectivity index (χ4n) is 7.34. The number of aliphatic hydroxyl groups is 2. The van der Waals surface area contributed by atoms with Gasteiger partial charge in [-0.15, -0.1) is 0 Å². The molecule has 328 valence electrons. The molecule has 2 aliphatic rings. The number of carbonyl (C=O) groups excluding carboxylic acids is 1. The Morgan fingerprint density at radius 3 is 2.02 bits per heavy atom. The summed E-state index contributed by atoms with van der Waals surface area (Å²) in [6.07, 6.45) is 19.8. The van der Waals surface area contributed by atoms with E-state index in [0.717, 1.165) is 37.7 Å². The number of unbranched alkanes of at least 4 members (excludes halogenated alkanes) is 9. The van der Waals surface area contributed by atoms with Crippen LogP contribution in [0.1, 0.15) is 131 Å². The molecule has 10 nitrogen and oxygen atoms in total. The number of aliphatic hydroxyl groups excluding tert-OH is 2. The second kappa shape index (κ2) is 31.4. The molecule has 0 saturated carbocycles. The molecule has 0 radical (unpaired) electrons.